The van der Waals surface area contributed by atoms with Gasteiger partial charge in [-0.3, -0.25) is 0 Å². The molecule has 0 spiro atoms. The molecule has 0 unspecified atom stereocenters. The summed E-state index contributed by atoms with van der Waals surface area (Å²) in [6.45, 7) is 0. The SMILES string of the molecule is Nn1cnn(-c2ccccc2)c1=O. The summed E-state index contributed by atoms with van der Waals surface area (Å²) in [5.41, 5.74) is 0.350. The molecule has 2 N–H and O–H groups in total. The van der Waals surface area contributed by atoms with Crippen molar-refractivity contribution in [2.45, 2.75) is 0 Å². The minimum absolute atomic E-state index is 0.355. The summed E-state index contributed by atoms with van der Waals surface area (Å²) in [7, 11) is 0. The summed E-state index contributed by atoms with van der Waals surface area (Å²) in [6, 6.07) is 9.10. The van der Waals surface area contributed by atoms with Crippen LogP contribution in [0.2, 0.25) is 0 Å². The van der Waals surface area contributed by atoms with Crippen LogP contribution < -0.4 is 11.5 Å². The Hall–Kier alpha value is -2.04. The molecule has 0 saturated heterocycles. The number of nitrogens with two attached hydrogens (primary N) is 1. The number of hydrogen-bond donors (Lipinski definition) is 1. The van der Waals surface area contributed by atoms with Gasteiger partial charge in [-0.1, -0.05) is 18.2 Å². The van der Waals surface area contributed by atoms with Crippen molar-refractivity contribution in [3.8, 4) is 5.69 Å². The second-order valence-corrected chi connectivity index (χ2v) is 2.57. The predicted molar refractivity (Wildman–Crippen MR) is 48.0 cm³/mol. The van der Waals surface area contributed by atoms with E-state index in [0.29, 0.717) is 5.69 Å². The topological polar surface area (TPSA) is 65.8 Å². The monoisotopic (exact) mass is 176 g/mol. The fraction of sp³-hybridized carbons (Fsp3) is 0. The van der Waals surface area contributed by atoms with Crippen molar-refractivity contribution in [3.63, 3.8) is 0 Å². The van der Waals surface area contributed by atoms with Crippen LogP contribution in [0.25, 0.3) is 5.69 Å². The Balaban J connectivity index is 2.60. The molecule has 5 heteroatoms. The lowest BCUT2D eigenvalue weighted by molar-refractivity contribution is 0.821. The Bertz CT molecular complexity index is 456. The molecule has 0 amide bonds. The number of para-hydroxylation sites is 1. The van der Waals surface area contributed by atoms with Crippen molar-refractivity contribution >= 4 is 0 Å². The molecule has 0 saturated carbocycles. The first-order valence-corrected chi connectivity index (χ1v) is 3.76. The lowest BCUT2D eigenvalue weighted by Crippen LogP contribution is -2.28. The van der Waals surface area contributed by atoms with E-state index in [1.807, 2.05) is 18.2 Å². The van der Waals surface area contributed by atoms with Crippen molar-refractivity contribution in [2.24, 2.45) is 0 Å². The van der Waals surface area contributed by atoms with Crippen LogP contribution >= 0.6 is 0 Å². The third-order valence-corrected chi connectivity index (χ3v) is 1.69. The van der Waals surface area contributed by atoms with Gasteiger partial charge >= 0.3 is 5.69 Å². The van der Waals surface area contributed by atoms with E-state index < -0.39 is 0 Å². The Kier molecular flexibility index (Phi) is 1.63. The van der Waals surface area contributed by atoms with Crippen LogP contribution in [0.15, 0.2) is 41.5 Å². The zero-order valence-electron chi connectivity index (χ0n) is 6.79. The summed E-state index contributed by atoms with van der Waals surface area (Å²) in [5.74, 6) is 5.30. The van der Waals surface area contributed by atoms with Gasteiger partial charge in [-0.05, 0) is 12.1 Å². The van der Waals surface area contributed by atoms with Gasteiger partial charge in [0.2, 0.25) is 0 Å². The molecular weight excluding hydrogens is 168 g/mol. The highest BCUT2D eigenvalue weighted by Gasteiger charge is 2.02. The second kappa shape index (κ2) is 2.78. The van der Waals surface area contributed by atoms with E-state index in [1.54, 1.807) is 12.1 Å². The average molecular weight is 176 g/mol. The highest BCUT2D eigenvalue weighted by molar-refractivity contribution is 5.29. The van der Waals surface area contributed by atoms with Crippen LogP contribution in [-0.4, -0.2) is 14.5 Å². The first kappa shape index (κ1) is 7.60. The van der Waals surface area contributed by atoms with E-state index >= 15 is 0 Å². The van der Waals surface area contributed by atoms with E-state index in [-0.39, 0.29) is 5.69 Å². The number of nitrogen functional groups attached to an aromatic ring is 1. The molecule has 13 heavy (non-hydrogen) atoms. The number of rotatable bonds is 1. The molecule has 2 aromatic rings. The summed E-state index contributed by atoms with van der Waals surface area (Å²) in [4.78, 5) is 11.3. The second-order valence-electron chi connectivity index (χ2n) is 2.57. The molecule has 1 aromatic carbocycles. The van der Waals surface area contributed by atoms with Gasteiger partial charge < -0.3 is 5.84 Å². The van der Waals surface area contributed by atoms with Crippen molar-refractivity contribution in [1.82, 2.24) is 14.5 Å². The third-order valence-electron chi connectivity index (χ3n) is 1.69. The maximum Gasteiger partial charge on any atom is 0.369 e. The van der Waals surface area contributed by atoms with Gasteiger partial charge in [0.05, 0.1) is 5.69 Å². The fourth-order valence-corrected chi connectivity index (χ4v) is 1.06. The van der Waals surface area contributed by atoms with E-state index in [2.05, 4.69) is 5.10 Å². The normalized spacial score (nSPS) is 10.2. The number of aromatic nitrogens is 3. The van der Waals surface area contributed by atoms with Crippen molar-refractivity contribution in [2.75, 3.05) is 5.84 Å². The van der Waals surface area contributed by atoms with Crippen molar-refractivity contribution < 1.29 is 0 Å². The first-order chi connectivity index (χ1) is 6.29. The lowest BCUT2D eigenvalue weighted by atomic mass is 10.3. The maximum atomic E-state index is 11.3. The number of benzene rings is 1. The van der Waals surface area contributed by atoms with E-state index in [1.165, 1.54) is 11.0 Å². The van der Waals surface area contributed by atoms with Crippen LogP contribution in [-0.2, 0) is 0 Å². The first-order valence-electron chi connectivity index (χ1n) is 3.76. The molecule has 0 aliphatic carbocycles. The largest absolute Gasteiger partial charge is 0.369 e. The highest BCUT2D eigenvalue weighted by Crippen LogP contribution is 2.00. The van der Waals surface area contributed by atoms with Crippen LogP contribution in [0.4, 0.5) is 0 Å². The molecule has 0 aliphatic heterocycles. The number of nitrogens with zero attached hydrogens (tertiary/aromatic N) is 3. The molecule has 66 valence electrons. The zero-order chi connectivity index (χ0) is 9.26. The Morgan fingerprint density at radius 2 is 1.92 bits per heavy atom. The predicted octanol–water partition coefficient (Wildman–Crippen LogP) is -0.252. The van der Waals surface area contributed by atoms with Crippen LogP contribution in [0.1, 0.15) is 0 Å². The minimum atomic E-state index is -0.355. The van der Waals surface area contributed by atoms with Crippen molar-refractivity contribution in [1.29, 1.82) is 0 Å². The van der Waals surface area contributed by atoms with E-state index in [0.717, 1.165) is 4.68 Å². The van der Waals surface area contributed by atoms with Gasteiger partial charge in [-0.25, -0.2) is 4.79 Å². The number of hydrogen-bond acceptors (Lipinski definition) is 3. The summed E-state index contributed by atoms with van der Waals surface area (Å²) in [5, 5.41) is 3.83. The highest BCUT2D eigenvalue weighted by atomic mass is 16.2. The Morgan fingerprint density at radius 1 is 1.23 bits per heavy atom. The smallest absolute Gasteiger partial charge is 0.334 e. The summed E-state index contributed by atoms with van der Waals surface area (Å²) in [6.07, 6.45) is 1.27. The Labute approximate surface area is 74.0 Å². The molecule has 0 radical (unpaired) electrons. The Morgan fingerprint density at radius 3 is 2.46 bits per heavy atom. The summed E-state index contributed by atoms with van der Waals surface area (Å²) < 4.78 is 2.17. The van der Waals surface area contributed by atoms with Gasteiger partial charge in [0.1, 0.15) is 6.33 Å². The molecule has 1 heterocycles. The van der Waals surface area contributed by atoms with Gasteiger partial charge in [0.25, 0.3) is 0 Å². The van der Waals surface area contributed by atoms with Crippen LogP contribution in [0.5, 0.6) is 0 Å². The van der Waals surface area contributed by atoms with Gasteiger partial charge in [0, 0.05) is 0 Å². The van der Waals surface area contributed by atoms with Gasteiger partial charge in [-0.15, -0.1) is 0 Å². The molecule has 0 fully saturated rings. The minimum Gasteiger partial charge on any atom is -0.334 e. The standard InChI is InChI=1S/C8H8N4O/c9-11-6-10-12(8(11)13)7-4-2-1-3-5-7/h1-6H,9H2. The maximum absolute atomic E-state index is 11.3. The molecule has 2 rings (SSSR count). The molecular formula is C8H8N4O. The molecule has 5 nitrogen and oxygen atoms in total. The van der Waals surface area contributed by atoms with E-state index in [4.69, 9.17) is 5.84 Å². The molecule has 0 bridgehead atoms. The third kappa shape index (κ3) is 1.20. The van der Waals surface area contributed by atoms with Gasteiger partial charge in [0.15, 0.2) is 0 Å². The van der Waals surface area contributed by atoms with Crippen LogP contribution in [0.3, 0.4) is 0 Å². The van der Waals surface area contributed by atoms with Crippen molar-refractivity contribution in [3.05, 3.63) is 47.1 Å². The molecule has 0 atom stereocenters. The fourth-order valence-electron chi connectivity index (χ4n) is 1.06. The average Bonchev–Trinajstić information content (AvgIpc) is 2.49. The van der Waals surface area contributed by atoms with Gasteiger partial charge in [-0.2, -0.15) is 14.5 Å². The summed E-state index contributed by atoms with van der Waals surface area (Å²) >= 11 is 0. The van der Waals surface area contributed by atoms with Crippen LogP contribution in [0, 0.1) is 0 Å². The quantitative estimate of drug-likeness (QED) is 0.609. The zero-order valence-corrected chi connectivity index (χ0v) is 6.79. The lowest BCUT2D eigenvalue weighted by Gasteiger charge is -1.96. The molecule has 0 aliphatic rings. The van der Waals surface area contributed by atoms with E-state index in [9.17, 15) is 4.79 Å². The molecule has 1 aromatic heterocycles.